The maximum Gasteiger partial charge on any atom is 0.316 e. The molecule has 1 aliphatic rings. The SMILES string of the molecule is CC(=O)O[C@H]1C(=O)N(CCN(C)C(=O)Cl)c2ccc(C)cc2S[C@H]1c1ccc(C)cc1. The van der Waals surface area contributed by atoms with Gasteiger partial charge in [0, 0.05) is 32.0 Å². The number of benzene rings is 2. The normalized spacial score (nSPS) is 18.2. The number of halogens is 1. The van der Waals surface area contributed by atoms with Crippen molar-refractivity contribution in [3.8, 4) is 0 Å². The van der Waals surface area contributed by atoms with Gasteiger partial charge in [0.15, 0.2) is 6.10 Å². The minimum absolute atomic E-state index is 0.225. The van der Waals surface area contributed by atoms with Gasteiger partial charge in [-0.25, -0.2) is 0 Å². The van der Waals surface area contributed by atoms with Crippen molar-refractivity contribution in [2.75, 3.05) is 25.0 Å². The van der Waals surface area contributed by atoms with Crippen LogP contribution in [0.4, 0.5) is 10.5 Å². The summed E-state index contributed by atoms with van der Waals surface area (Å²) in [5.74, 6) is -0.850. The molecule has 0 spiro atoms. The van der Waals surface area contributed by atoms with Gasteiger partial charge >= 0.3 is 11.3 Å². The summed E-state index contributed by atoms with van der Waals surface area (Å²) in [7, 11) is 1.57. The molecule has 3 rings (SSSR count). The first-order chi connectivity index (χ1) is 14.7. The van der Waals surface area contributed by atoms with E-state index in [0.717, 1.165) is 27.3 Å². The van der Waals surface area contributed by atoms with E-state index in [1.165, 1.54) is 23.6 Å². The van der Waals surface area contributed by atoms with Crippen LogP contribution in [0.1, 0.15) is 28.9 Å². The Kier molecular flexibility index (Phi) is 7.28. The largest absolute Gasteiger partial charge is 0.451 e. The van der Waals surface area contributed by atoms with Crippen molar-refractivity contribution < 1.29 is 19.1 Å². The Labute approximate surface area is 191 Å². The first-order valence-electron chi connectivity index (χ1n) is 9.90. The van der Waals surface area contributed by atoms with Crippen molar-refractivity contribution >= 4 is 46.3 Å². The number of likely N-dealkylation sites (N-methyl/N-ethyl adjacent to an activating group) is 1. The van der Waals surface area contributed by atoms with Crippen molar-refractivity contribution in [2.24, 2.45) is 0 Å². The lowest BCUT2D eigenvalue weighted by Gasteiger charge is -2.28. The van der Waals surface area contributed by atoms with Gasteiger partial charge in [0.05, 0.1) is 10.9 Å². The number of carbonyl (C=O) groups excluding carboxylic acids is 3. The molecule has 0 saturated heterocycles. The topological polar surface area (TPSA) is 66.9 Å². The number of anilines is 1. The molecule has 0 saturated carbocycles. The van der Waals surface area contributed by atoms with E-state index in [-0.39, 0.29) is 19.0 Å². The zero-order valence-electron chi connectivity index (χ0n) is 17.9. The number of aryl methyl sites for hydroxylation is 2. The van der Waals surface area contributed by atoms with Crippen LogP contribution in [0.15, 0.2) is 47.4 Å². The second-order valence-electron chi connectivity index (χ2n) is 7.61. The Morgan fingerprint density at radius 2 is 1.77 bits per heavy atom. The summed E-state index contributed by atoms with van der Waals surface area (Å²) in [5.41, 5.74) is 3.78. The highest BCUT2D eigenvalue weighted by Gasteiger charge is 2.40. The summed E-state index contributed by atoms with van der Waals surface area (Å²) in [5, 5.41) is -1.01. The highest BCUT2D eigenvalue weighted by molar-refractivity contribution is 7.99. The van der Waals surface area contributed by atoms with Crippen LogP contribution >= 0.6 is 23.4 Å². The van der Waals surface area contributed by atoms with Gasteiger partial charge < -0.3 is 14.5 Å². The third-order valence-corrected chi connectivity index (χ3v) is 6.75. The van der Waals surface area contributed by atoms with Crippen molar-refractivity contribution in [2.45, 2.75) is 37.0 Å². The Bertz CT molecular complexity index is 996. The number of hydrogen-bond acceptors (Lipinski definition) is 5. The predicted octanol–water partition coefficient (Wildman–Crippen LogP) is 4.71. The summed E-state index contributed by atoms with van der Waals surface area (Å²) < 4.78 is 5.57. The molecule has 0 radical (unpaired) electrons. The predicted molar refractivity (Wildman–Crippen MR) is 123 cm³/mol. The fraction of sp³-hybridized carbons (Fsp3) is 0.348. The van der Waals surface area contributed by atoms with Gasteiger partial charge in [0.25, 0.3) is 5.91 Å². The molecule has 6 nitrogen and oxygen atoms in total. The van der Waals surface area contributed by atoms with E-state index < -0.39 is 22.7 Å². The van der Waals surface area contributed by atoms with Gasteiger partial charge in [-0.2, -0.15) is 0 Å². The Morgan fingerprint density at radius 3 is 2.39 bits per heavy atom. The average molecular weight is 461 g/mol. The number of nitrogens with zero attached hydrogens (tertiary/aromatic N) is 2. The fourth-order valence-electron chi connectivity index (χ4n) is 3.40. The third kappa shape index (κ3) is 5.40. The molecule has 164 valence electrons. The van der Waals surface area contributed by atoms with E-state index in [1.807, 2.05) is 56.3 Å². The number of amides is 2. The molecule has 2 aromatic carbocycles. The fourth-order valence-corrected chi connectivity index (χ4v) is 4.90. The molecule has 0 unspecified atom stereocenters. The highest BCUT2D eigenvalue weighted by Crippen LogP contribution is 2.47. The minimum Gasteiger partial charge on any atom is -0.451 e. The van der Waals surface area contributed by atoms with Crippen LogP contribution in [-0.2, 0) is 14.3 Å². The molecular formula is C23H25ClN2O4S. The van der Waals surface area contributed by atoms with E-state index >= 15 is 0 Å². The number of hydrogen-bond donors (Lipinski definition) is 0. The first-order valence-corrected chi connectivity index (χ1v) is 11.2. The molecule has 0 bridgehead atoms. The van der Waals surface area contributed by atoms with Crippen molar-refractivity contribution in [3.05, 3.63) is 59.2 Å². The molecular weight excluding hydrogens is 436 g/mol. The van der Waals surface area contributed by atoms with Crippen LogP contribution in [0.3, 0.4) is 0 Å². The zero-order valence-corrected chi connectivity index (χ0v) is 19.5. The second-order valence-corrected chi connectivity index (χ2v) is 9.12. The van der Waals surface area contributed by atoms with E-state index in [4.69, 9.17) is 16.3 Å². The maximum absolute atomic E-state index is 13.7. The third-order valence-electron chi connectivity index (χ3n) is 5.10. The van der Waals surface area contributed by atoms with E-state index in [2.05, 4.69) is 0 Å². The van der Waals surface area contributed by atoms with Crippen molar-refractivity contribution in [3.63, 3.8) is 0 Å². The van der Waals surface area contributed by atoms with Gasteiger partial charge in [-0.1, -0.05) is 35.9 Å². The lowest BCUT2D eigenvalue weighted by atomic mass is 10.0. The molecule has 31 heavy (non-hydrogen) atoms. The average Bonchev–Trinajstić information content (AvgIpc) is 2.81. The van der Waals surface area contributed by atoms with Gasteiger partial charge in [-0.05, 0) is 48.7 Å². The van der Waals surface area contributed by atoms with Crippen LogP contribution in [0.2, 0.25) is 0 Å². The summed E-state index contributed by atoms with van der Waals surface area (Å²) in [6, 6.07) is 13.7. The monoisotopic (exact) mass is 460 g/mol. The molecule has 1 heterocycles. The lowest BCUT2D eigenvalue weighted by molar-refractivity contribution is -0.152. The number of esters is 1. The van der Waals surface area contributed by atoms with Crippen molar-refractivity contribution in [1.82, 2.24) is 4.90 Å². The summed E-state index contributed by atoms with van der Waals surface area (Å²) in [4.78, 5) is 40.8. The summed E-state index contributed by atoms with van der Waals surface area (Å²) >= 11 is 7.06. The molecule has 1 aliphatic heterocycles. The number of ether oxygens (including phenoxy) is 1. The maximum atomic E-state index is 13.7. The molecule has 0 fully saturated rings. The number of carbonyl (C=O) groups is 3. The number of thioether (sulfide) groups is 1. The molecule has 8 heteroatoms. The van der Waals surface area contributed by atoms with Crippen molar-refractivity contribution in [1.29, 1.82) is 0 Å². The highest BCUT2D eigenvalue weighted by atomic mass is 35.5. The van der Waals surface area contributed by atoms with Crippen LogP contribution < -0.4 is 4.90 Å². The van der Waals surface area contributed by atoms with E-state index in [9.17, 15) is 14.4 Å². The minimum atomic E-state index is -1.00. The number of fused-ring (bicyclic) bond motifs is 1. The van der Waals surface area contributed by atoms with Crippen LogP contribution in [0.25, 0.3) is 0 Å². The molecule has 2 aromatic rings. The molecule has 0 aromatic heterocycles. The van der Waals surface area contributed by atoms with Gasteiger partial charge in [0.1, 0.15) is 0 Å². The standard InChI is InChI=1S/C23H25ClN2O4S/c1-14-5-8-17(9-6-14)21-20(30-16(3)27)22(28)26(12-11-25(4)23(24)29)18-10-7-15(2)13-19(18)31-21/h5-10,13,20-21H,11-12H2,1-4H3/t20-,21+/m1/s1. The summed E-state index contributed by atoms with van der Waals surface area (Å²) in [6.07, 6.45) is -1.00. The Morgan fingerprint density at radius 1 is 1.13 bits per heavy atom. The van der Waals surface area contributed by atoms with Crippen LogP contribution in [-0.4, -0.2) is 48.4 Å². The molecule has 0 aliphatic carbocycles. The molecule has 2 amide bonds. The smallest absolute Gasteiger partial charge is 0.316 e. The van der Waals surface area contributed by atoms with Gasteiger partial charge in [-0.3, -0.25) is 14.4 Å². The van der Waals surface area contributed by atoms with Gasteiger partial charge in [0.2, 0.25) is 0 Å². The lowest BCUT2D eigenvalue weighted by Crippen LogP contribution is -2.45. The molecule has 0 N–H and O–H groups in total. The number of rotatable bonds is 5. The van der Waals surface area contributed by atoms with Crippen LogP contribution in [0, 0.1) is 13.8 Å². The Balaban J connectivity index is 2.07. The molecule has 2 atom stereocenters. The van der Waals surface area contributed by atoms with Gasteiger partial charge in [-0.15, -0.1) is 11.8 Å². The summed E-state index contributed by atoms with van der Waals surface area (Å²) in [6.45, 7) is 5.75. The first kappa shape index (κ1) is 23.2. The van der Waals surface area contributed by atoms with E-state index in [1.54, 1.807) is 11.9 Å². The zero-order chi connectivity index (χ0) is 22.7. The quantitative estimate of drug-likeness (QED) is 0.367. The van der Waals surface area contributed by atoms with Crippen LogP contribution in [0.5, 0.6) is 0 Å². The second kappa shape index (κ2) is 9.75. The Hall–Kier alpha value is -2.51. The van der Waals surface area contributed by atoms with E-state index in [0.29, 0.717) is 0 Å².